The second kappa shape index (κ2) is 10.1. The van der Waals surface area contributed by atoms with Gasteiger partial charge < -0.3 is 0 Å². The van der Waals surface area contributed by atoms with Crippen LogP contribution in [0.4, 0.5) is 17.2 Å². The molecule has 5 aromatic carbocycles. The van der Waals surface area contributed by atoms with Gasteiger partial charge in [0.2, 0.25) is 0 Å². The normalized spacial score (nSPS) is 13.0. The van der Waals surface area contributed by atoms with Gasteiger partial charge in [-0.25, -0.2) is 4.98 Å². The van der Waals surface area contributed by atoms with Crippen molar-refractivity contribution in [2.45, 2.75) is 0 Å². The zero-order valence-electron chi connectivity index (χ0n) is 22.9. The van der Waals surface area contributed by atoms with Crippen LogP contribution in [0.25, 0.3) is 39.6 Å². The molecule has 2 nitrogen and oxygen atoms in total. The topological polar surface area (TPSA) is 16.1 Å². The van der Waals surface area contributed by atoms with Crippen molar-refractivity contribution in [2.75, 3.05) is 4.90 Å². The number of benzene rings is 5. The Morgan fingerprint density at radius 1 is 0.524 bits per heavy atom. The lowest BCUT2D eigenvalue weighted by atomic mass is 9.87. The molecule has 8 rings (SSSR count). The zero-order chi connectivity index (χ0) is 27.9. The quantitative estimate of drug-likeness (QED) is 0.209. The number of anilines is 3. The molecule has 2 heteroatoms. The fraction of sp³-hybridized carbons (Fsp3) is 0. The molecule has 196 valence electrons. The number of pyridine rings is 1. The maximum absolute atomic E-state index is 5.31. The van der Waals surface area contributed by atoms with Crippen LogP contribution in [0, 0.1) is 0 Å². The minimum Gasteiger partial charge on any atom is -0.294 e. The average Bonchev–Trinajstić information content (AvgIpc) is 3.27. The lowest BCUT2D eigenvalue weighted by Gasteiger charge is -2.34. The molecular weight excluding hydrogens is 508 g/mol. The molecular formula is C40H26N2. The molecule has 0 N–H and O–H groups in total. The molecule has 0 saturated carbocycles. The minimum absolute atomic E-state index is 0.885. The molecule has 0 atom stereocenters. The van der Waals surface area contributed by atoms with Crippen molar-refractivity contribution in [3.63, 3.8) is 0 Å². The summed E-state index contributed by atoms with van der Waals surface area (Å²) in [5.41, 5.74) is 17.1. The number of rotatable bonds is 4. The maximum Gasteiger partial charge on any atom is 0.138 e. The Bertz CT molecular complexity index is 1990. The minimum atomic E-state index is 0.885. The van der Waals surface area contributed by atoms with Gasteiger partial charge in [0.1, 0.15) is 5.82 Å². The van der Waals surface area contributed by atoms with Gasteiger partial charge in [0.05, 0.1) is 17.1 Å². The highest BCUT2D eigenvalue weighted by molar-refractivity contribution is 6.06. The Hall–Kier alpha value is -5.69. The van der Waals surface area contributed by atoms with E-state index >= 15 is 0 Å². The van der Waals surface area contributed by atoms with Gasteiger partial charge in [-0.2, -0.15) is 0 Å². The van der Waals surface area contributed by atoms with E-state index in [0.717, 1.165) is 56.3 Å². The first kappa shape index (κ1) is 24.1. The highest BCUT2D eigenvalue weighted by Crippen LogP contribution is 2.51. The van der Waals surface area contributed by atoms with Crippen molar-refractivity contribution in [3.8, 4) is 22.4 Å². The van der Waals surface area contributed by atoms with Gasteiger partial charge in [-0.15, -0.1) is 5.73 Å². The number of fused-ring (bicyclic) bond motifs is 2. The van der Waals surface area contributed by atoms with Crippen LogP contribution in [-0.2, 0) is 0 Å². The molecule has 0 saturated heterocycles. The molecule has 1 aliphatic carbocycles. The van der Waals surface area contributed by atoms with Gasteiger partial charge in [-0.3, -0.25) is 4.90 Å². The summed E-state index contributed by atoms with van der Waals surface area (Å²) in [5, 5.41) is 0. The van der Waals surface area contributed by atoms with Gasteiger partial charge >= 0.3 is 0 Å². The van der Waals surface area contributed by atoms with Crippen LogP contribution in [-0.4, -0.2) is 4.98 Å². The third-order valence-corrected chi connectivity index (χ3v) is 7.99. The third kappa shape index (κ3) is 4.10. The standard InChI is InChI=1S/C40H26N2/c1-4-13-28(14-5-1)31-23-24-35-34-20-10-11-21-37(34)42(38-22-12-19-32(25-31)40(35)38)39-27-33(29-15-6-2-7-16-29)26-36(41-39)30-17-8-3-9-18-30/h1-23,25-27H. The number of allylic oxidation sites excluding steroid dienone is 2. The van der Waals surface area contributed by atoms with Crippen LogP contribution in [0.2, 0.25) is 0 Å². The summed E-state index contributed by atoms with van der Waals surface area (Å²) >= 11 is 0. The third-order valence-electron chi connectivity index (χ3n) is 7.99. The largest absolute Gasteiger partial charge is 0.294 e. The number of hydrogen-bond acceptors (Lipinski definition) is 2. The molecule has 0 fully saturated rings. The second-order valence-corrected chi connectivity index (χ2v) is 10.6. The Morgan fingerprint density at radius 2 is 1.17 bits per heavy atom. The van der Waals surface area contributed by atoms with Crippen LogP contribution in [0.1, 0.15) is 22.3 Å². The summed E-state index contributed by atoms with van der Waals surface area (Å²) in [6.45, 7) is 0. The van der Waals surface area contributed by atoms with Crippen LogP contribution in [0.15, 0.2) is 157 Å². The van der Waals surface area contributed by atoms with E-state index in [-0.39, 0.29) is 0 Å². The SMILES string of the molecule is C1=CC(c2ccccc2)=Cc2cccc3c2C=1c1ccccc1N3c1cc(-c2ccccc2)cc(-c2ccccc2)n1. The molecule has 1 aliphatic heterocycles. The highest BCUT2D eigenvalue weighted by atomic mass is 15.2. The van der Waals surface area contributed by atoms with Gasteiger partial charge in [-0.05, 0) is 64.2 Å². The van der Waals surface area contributed by atoms with Gasteiger partial charge in [0, 0.05) is 22.3 Å². The molecule has 2 aliphatic rings. The lowest BCUT2D eigenvalue weighted by Crippen LogP contribution is -2.19. The molecule has 0 unspecified atom stereocenters. The van der Waals surface area contributed by atoms with Crippen molar-refractivity contribution in [3.05, 3.63) is 180 Å². The van der Waals surface area contributed by atoms with E-state index < -0.39 is 0 Å². The van der Waals surface area contributed by atoms with Gasteiger partial charge in [-0.1, -0.05) is 121 Å². The Kier molecular flexibility index (Phi) is 5.78. The van der Waals surface area contributed by atoms with E-state index in [1.807, 2.05) is 6.07 Å². The lowest BCUT2D eigenvalue weighted by molar-refractivity contribution is 1.16. The summed E-state index contributed by atoms with van der Waals surface area (Å²) in [5.74, 6) is 0.885. The maximum atomic E-state index is 5.31. The second-order valence-electron chi connectivity index (χ2n) is 10.6. The molecule has 0 amide bonds. The van der Waals surface area contributed by atoms with Crippen molar-refractivity contribution in [1.29, 1.82) is 0 Å². The van der Waals surface area contributed by atoms with Crippen molar-refractivity contribution in [1.82, 2.24) is 4.98 Å². The number of para-hydroxylation sites is 1. The van der Waals surface area contributed by atoms with E-state index in [9.17, 15) is 0 Å². The molecule has 6 aromatic rings. The molecule has 0 radical (unpaired) electrons. The molecule has 0 spiro atoms. The summed E-state index contributed by atoms with van der Waals surface area (Å²) < 4.78 is 0. The summed E-state index contributed by atoms with van der Waals surface area (Å²) in [6, 6.07) is 51.1. The van der Waals surface area contributed by atoms with E-state index in [1.54, 1.807) is 0 Å². The Morgan fingerprint density at radius 3 is 1.93 bits per heavy atom. The average molecular weight is 535 g/mol. The Labute approximate surface area is 245 Å². The van der Waals surface area contributed by atoms with Crippen LogP contribution in [0.5, 0.6) is 0 Å². The summed E-state index contributed by atoms with van der Waals surface area (Å²) in [6.07, 6.45) is 4.41. The van der Waals surface area contributed by atoms with E-state index in [4.69, 9.17) is 4.98 Å². The van der Waals surface area contributed by atoms with Crippen LogP contribution in [0.3, 0.4) is 0 Å². The highest BCUT2D eigenvalue weighted by Gasteiger charge is 2.30. The van der Waals surface area contributed by atoms with Gasteiger partial charge in [0.15, 0.2) is 0 Å². The fourth-order valence-corrected chi connectivity index (χ4v) is 6.02. The molecule has 1 aromatic heterocycles. The van der Waals surface area contributed by atoms with E-state index in [2.05, 4.69) is 162 Å². The van der Waals surface area contributed by atoms with Crippen molar-refractivity contribution < 1.29 is 0 Å². The summed E-state index contributed by atoms with van der Waals surface area (Å²) in [7, 11) is 0. The van der Waals surface area contributed by atoms with Crippen molar-refractivity contribution in [2.24, 2.45) is 0 Å². The first-order chi connectivity index (χ1) is 20.8. The number of hydrogen-bond donors (Lipinski definition) is 0. The molecule has 0 bridgehead atoms. The van der Waals surface area contributed by atoms with E-state index in [1.165, 1.54) is 16.7 Å². The van der Waals surface area contributed by atoms with Crippen LogP contribution < -0.4 is 4.90 Å². The first-order valence-electron chi connectivity index (χ1n) is 14.2. The number of nitrogens with zero attached hydrogens (tertiary/aromatic N) is 2. The first-order valence-corrected chi connectivity index (χ1v) is 14.2. The monoisotopic (exact) mass is 534 g/mol. The molecule has 2 heterocycles. The smallest absolute Gasteiger partial charge is 0.138 e. The van der Waals surface area contributed by atoms with E-state index in [0.29, 0.717) is 0 Å². The molecule has 42 heavy (non-hydrogen) atoms. The van der Waals surface area contributed by atoms with Crippen molar-refractivity contribution >= 4 is 34.4 Å². The van der Waals surface area contributed by atoms with Gasteiger partial charge in [0.25, 0.3) is 0 Å². The summed E-state index contributed by atoms with van der Waals surface area (Å²) in [4.78, 5) is 7.63. The zero-order valence-corrected chi connectivity index (χ0v) is 22.9. The predicted molar refractivity (Wildman–Crippen MR) is 175 cm³/mol. The van der Waals surface area contributed by atoms with Crippen LogP contribution >= 0.6 is 0 Å². The predicted octanol–water partition coefficient (Wildman–Crippen LogP) is 10.3. The number of aromatic nitrogens is 1. The Balaban J connectivity index is 1.39. The fourth-order valence-electron chi connectivity index (χ4n) is 6.02.